The lowest BCUT2D eigenvalue weighted by atomic mass is 10.4. The van der Waals surface area contributed by atoms with Gasteiger partial charge in [0.15, 0.2) is 0 Å². The molecule has 1 heterocycles. The van der Waals surface area contributed by atoms with Gasteiger partial charge >= 0.3 is 5.97 Å². The molecule has 0 aliphatic carbocycles. The van der Waals surface area contributed by atoms with Gasteiger partial charge in [0.25, 0.3) is 0 Å². The van der Waals surface area contributed by atoms with Gasteiger partial charge in [0.1, 0.15) is 12.7 Å². The monoisotopic (exact) mass is 183 g/mol. The number of carbonyl (C=O) groups excluding carboxylic acids is 1. The Kier molecular flexibility index (Phi) is 3.42. The maximum atomic E-state index is 11.1. The molecule has 1 aromatic rings. The number of esters is 1. The van der Waals surface area contributed by atoms with Gasteiger partial charge in [0.05, 0.1) is 19.1 Å². The molecule has 0 atom stereocenters. The van der Waals surface area contributed by atoms with Crippen LogP contribution in [0, 0.1) is 0 Å². The molecule has 0 amide bonds. The molecule has 0 radical (unpaired) electrons. The Morgan fingerprint density at radius 1 is 1.62 bits per heavy atom. The molecule has 1 rings (SSSR count). The Morgan fingerprint density at radius 2 is 2.38 bits per heavy atom. The average Bonchev–Trinajstić information content (AvgIpc) is 2.51. The minimum Gasteiger partial charge on any atom is -0.463 e. The molecule has 1 aromatic heterocycles. The number of hydrogen-bond donors (Lipinski definition) is 0. The first-order chi connectivity index (χ1) is 6.18. The van der Waals surface area contributed by atoms with Gasteiger partial charge in [-0.25, -0.2) is 4.98 Å². The zero-order valence-electron chi connectivity index (χ0n) is 7.80. The van der Waals surface area contributed by atoms with Gasteiger partial charge in [0, 0.05) is 0 Å². The normalized spacial score (nSPS) is 10.4. The first-order valence-electron chi connectivity index (χ1n) is 4.20. The standard InChI is InChI=1S/C8H13N3O2/c1-7(2)13-8(12)3-4-11-6-9-5-10-11/h5-7H,3-4H2,1-2H3. The van der Waals surface area contributed by atoms with Crippen LogP contribution < -0.4 is 0 Å². The average molecular weight is 183 g/mol. The van der Waals surface area contributed by atoms with Crippen molar-refractivity contribution in [1.29, 1.82) is 0 Å². The first-order valence-corrected chi connectivity index (χ1v) is 4.20. The molecule has 0 aliphatic rings. The van der Waals surface area contributed by atoms with E-state index in [2.05, 4.69) is 10.1 Å². The summed E-state index contributed by atoms with van der Waals surface area (Å²) in [6.45, 7) is 4.17. The quantitative estimate of drug-likeness (QED) is 0.642. The molecule has 5 nitrogen and oxygen atoms in total. The Labute approximate surface area is 76.7 Å². The lowest BCUT2D eigenvalue weighted by Crippen LogP contribution is -2.13. The highest BCUT2D eigenvalue weighted by Crippen LogP contribution is 1.95. The Balaban J connectivity index is 2.23. The van der Waals surface area contributed by atoms with E-state index in [1.54, 1.807) is 11.0 Å². The Morgan fingerprint density at radius 3 is 2.92 bits per heavy atom. The van der Waals surface area contributed by atoms with Crippen molar-refractivity contribution in [2.24, 2.45) is 0 Å². The summed E-state index contributed by atoms with van der Waals surface area (Å²) in [5, 5.41) is 3.87. The smallest absolute Gasteiger partial charge is 0.307 e. The van der Waals surface area contributed by atoms with E-state index in [9.17, 15) is 4.79 Å². The lowest BCUT2D eigenvalue weighted by Gasteiger charge is -2.06. The summed E-state index contributed by atoms with van der Waals surface area (Å²) in [5.41, 5.74) is 0. The van der Waals surface area contributed by atoms with Crippen LogP contribution in [0.4, 0.5) is 0 Å². The molecule has 0 aliphatic heterocycles. The molecule has 13 heavy (non-hydrogen) atoms. The van der Waals surface area contributed by atoms with E-state index in [0.717, 1.165) is 0 Å². The van der Waals surface area contributed by atoms with E-state index in [1.807, 2.05) is 13.8 Å². The fourth-order valence-corrected chi connectivity index (χ4v) is 0.876. The molecular formula is C8H13N3O2. The number of rotatable bonds is 4. The van der Waals surface area contributed by atoms with Crippen LogP contribution in [0.15, 0.2) is 12.7 Å². The topological polar surface area (TPSA) is 57.0 Å². The number of ether oxygens (including phenoxy) is 1. The summed E-state index contributed by atoms with van der Waals surface area (Å²) in [7, 11) is 0. The zero-order chi connectivity index (χ0) is 9.68. The summed E-state index contributed by atoms with van der Waals surface area (Å²) >= 11 is 0. The van der Waals surface area contributed by atoms with Crippen molar-refractivity contribution in [1.82, 2.24) is 14.8 Å². The number of hydrogen-bond acceptors (Lipinski definition) is 4. The van der Waals surface area contributed by atoms with Gasteiger partial charge in [-0.1, -0.05) is 0 Å². The van der Waals surface area contributed by atoms with Crippen LogP contribution in [0.25, 0.3) is 0 Å². The molecule has 0 bridgehead atoms. The summed E-state index contributed by atoms with van der Waals surface area (Å²) in [6, 6.07) is 0. The fourth-order valence-electron chi connectivity index (χ4n) is 0.876. The van der Waals surface area contributed by atoms with Crippen molar-refractivity contribution in [2.75, 3.05) is 0 Å². The third-order valence-corrected chi connectivity index (χ3v) is 1.38. The van der Waals surface area contributed by atoms with Gasteiger partial charge < -0.3 is 4.74 Å². The molecule has 0 saturated heterocycles. The van der Waals surface area contributed by atoms with Crippen molar-refractivity contribution < 1.29 is 9.53 Å². The predicted molar refractivity (Wildman–Crippen MR) is 45.9 cm³/mol. The molecule has 0 unspecified atom stereocenters. The number of nitrogens with zero attached hydrogens (tertiary/aromatic N) is 3. The molecular weight excluding hydrogens is 170 g/mol. The molecule has 72 valence electrons. The lowest BCUT2D eigenvalue weighted by molar-refractivity contribution is -0.147. The molecule has 0 aromatic carbocycles. The van der Waals surface area contributed by atoms with Crippen LogP contribution in [0.5, 0.6) is 0 Å². The van der Waals surface area contributed by atoms with Crippen molar-refractivity contribution in [2.45, 2.75) is 32.9 Å². The second kappa shape index (κ2) is 4.59. The van der Waals surface area contributed by atoms with Crippen molar-refractivity contribution in [3.05, 3.63) is 12.7 Å². The van der Waals surface area contributed by atoms with Crippen molar-refractivity contribution in [3.8, 4) is 0 Å². The second-order valence-corrected chi connectivity index (χ2v) is 2.95. The molecule has 5 heteroatoms. The predicted octanol–water partition coefficient (Wildman–Crippen LogP) is 0.620. The summed E-state index contributed by atoms with van der Waals surface area (Å²) in [6.07, 6.45) is 3.29. The minimum absolute atomic E-state index is 0.0525. The van der Waals surface area contributed by atoms with Gasteiger partial charge in [0.2, 0.25) is 0 Å². The van der Waals surface area contributed by atoms with Crippen LogP contribution in [-0.2, 0) is 16.1 Å². The van der Waals surface area contributed by atoms with Crippen molar-refractivity contribution in [3.63, 3.8) is 0 Å². The van der Waals surface area contributed by atoms with Gasteiger partial charge in [-0.15, -0.1) is 0 Å². The van der Waals surface area contributed by atoms with E-state index in [-0.39, 0.29) is 12.1 Å². The van der Waals surface area contributed by atoms with Crippen LogP contribution >= 0.6 is 0 Å². The van der Waals surface area contributed by atoms with E-state index in [0.29, 0.717) is 13.0 Å². The third-order valence-electron chi connectivity index (χ3n) is 1.38. The molecule has 0 saturated carbocycles. The zero-order valence-corrected chi connectivity index (χ0v) is 7.80. The fraction of sp³-hybridized carbons (Fsp3) is 0.625. The van der Waals surface area contributed by atoms with Crippen LogP contribution in [0.1, 0.15) is 20.3 Å². The molecule has 0 fully saturated rings. The molecule has 0 spiro atoms. The summed E-state index contributed by atoms with van der Waals surface area (Å²) in [5.74, 6) is -0.203. The van der Waals surface area contributed by atoms with Crippen LogP contribution in [-0.4, -0.2) is 26.8 Å². The maximum absolute atomic E-state index is 11.1. The van der Waals surface area contributed by atoms with Crippen molar-refractivity contribution >= 4 is 5.97 Å². The summed E-state index contributed by atoms with van der Waals surface area (Å²) in [4.78, 5) is 14.8. The highest BCUT2D eigenvalue weighted by atomic mass is 16.5. The van der Waals surface area contributed by atoms with E-state index < -0.39 is 0 Å². The number of aryl methyl sites for hydroxylation is 1. The third kappa shape index (κ3) is 3.68. The summed E-state index contributed by atoms with van der Waals surface area (Å²) < 4.78 is 6.55. The molecule has 0 N–H and O–H groups in total. The minimum atomic E-state index is -0.203. The van der Waals surface area contributed by atoms with E-state index in [1.165, 1.54) is 6.33 Å². The van der Waals surface area contributed by atoms with E-state index in [4.69, 9.17) is 4.74 Å². The largest absolute Gasteiger partial charge is 0.463 e. The van der Waals surface area contributed by atoms with Gasteiger partial charge in [-0.05, 0) is 13.8 Å². The Bertz CT molecular complexity index is 256. The highest BCUT2D eigenvalue weighted by Gasteiger charge is 2.05. The van der Waals surface area contributed by atoms with Gasteiger partial charge in [-0.3, -0.25) is 9.48 Å². The number of carbonyl (C=O) groups is 1. The highest BCUT2D eigenvalue weighted by molar-refractivity contribution is 5.69. The van der Waals surface area contributed by atoms with E-state index >= 15 is 0 Å². The van der Waals surface area contributed by atoms with Crippen LogP contribution in [0.2, 0.25) is 0 Å². The Hall–Kier alpha value is -1.39. The maximum Gasteiger partial charge on any atom is 0.307 e. The number of aromatic nitrogens is 3. The SMILES string of the molecule is CC(C)OC(=O)CCn1cncn1. The first kappa shape index (κ1) is 9.70. The van der Waals surface area contributed by atoms with Gasteiger partial charge in [-0.2, -0.15) is 5.10 Å². The van der Waals surface area contributed by atoms with Crippen LogP contribution in [0.3, 0.4) is 0 Å². The second-order valence-electron chi connectivity index (χ2n) is 2.95.